The fourth-order valence-electron chi connectivity index (χ4n) is 1.89. The number of hydrogen-bond donors (Lipinski definition) is 1. The van der Waals surface area contributed by atoms with Crippen molar-refractivity contribution in [2.24, 2.45) is 5.73 Å². The van der Waals surface area contributed by atoms with Gasteiger partial charge in [-0.3, -0.25) is 0 Å². The lowest BCUT2D eigenvalue weighted by molar-refractivity contribution is 0.415. The van der Waals surface area contributed by atoms with Crippen molar-refractivity contribution in [3.8, 4) is 5.75 Å². The molecular formula is C13H17N3O. The van der Waals surface area contributed by atoms with E-state index in [4.69, 9.17) is 10.5 Å². The van der Waals surface area contributed by atoms with Crippen molar-refractivity contribution in [3.05, 3.63) is 29.7 Å². The van der Waals surface area contributed by atoms with Crippen LogP contribution in [0.25, 0.3) is 10.9 Å². The summed E-state index contributed by atoms with van der Waals surface area (Å²) in [4.78, 5) is 8.88. The van der Waals surface area contributed by atoms with Gasteiger partial charge in [0, 0.05) is 17.8 Å². The van der Waals surface area contributed by atoms with Gasteiger partial charge in [-0.25, -0.2) is 9.97 Å². The summed E-state index contributed by atoms with van der Waals surface area (Å²) in [5.74, 6) is 1.59. The van der Waals surface area contributed by atoms with E-state index in [1.165, 1.54) is 0 Å². The maximum absolute atomic E-state index is 5.84. The van der Waals surface area contributed by atoms with Gasteiger partial charge >= 0.3 is 0 Å². The summed E-state index contributed by atoms with van der Waals surface area (Å²) < 4.78 is 5.23. The topological polar surface area (TPSA) is 61.0 Å². The molecule has 0 spiro atoms. The molecule has 0 amide bonds. The molecule has 2 N–H and O–H groups in total. The third kappa shape index (κ3) is 2.53. The van der Waals surface area contributed by atoms with E-state index in [0.29, 0.717) is 0 Å². The Morgan fingerprint density at radius 3 is 2.76 bits per heavy atom. The van der Waals surface area contributed by atoms with Gasteiger partial charge < -0.3 is 10.5 Å². The normalized spacial score (nSPS) is 12.7. The quantitative estimate of drug-likeness (QED) is 0.875. The van der Waals surface area contributed by atoms with E-state index in [-0.39, 0.29) is 6.04 Å². The summed E-state index contributed by atoms with van der Waals surface area (Å²) in [6.45, 7) is 3.87. The van der Waals surface area contributed by atoms with Crippen molar-refractivity contribution in [1.82, 2.24) is 9.97 Å². The highest BCUT2D eigenvalue weighted by molar-refractivity contribution is 5.82. The second-order valence-electron chi connectivity index (χ2n) is 4.28. The van der Waals surface area contributed by atoms with Gasteiger partial charge in [0.1, 0.15) is 11.6 Å². The van der Waals surface area contributed by atoms with Gasteiger partial charge in [0.25, 0.3) is 0 Å². The average molecular weight is 231 g/mol. The smallest absolute Gasteiger partial charge is 0.126 e. The Labute approximate surface area is 101 Å². The molecule has 0 saturated carbocycles. The Kier molecular flexibility index (Phi) is 3.24. The SMILES string of the molecule is COc1ccc2nc(C)nc(CC(C)N)c2c1. The van der Waals surface area contributed by atoms with Crippen LogP contribution in [0.4, 0.5) is 0 Å². The highest BCUT2D eigenvalue weighted by atomic mass is 16.5. The highest BCUT2D eigenvalue weighted by Crippen LogP contribution is 2.22. The van der Waals surface area contributed by atoms with Crippen LogP contribution >= 0.6 is 0 Å². The van der Waals surface area contributed by atoms with Crippen molar-refractivity contribution < 1.29 is 4.74 Å². The molecule has 1 unspecified atom stereocenters. The zero-order chi connectivity index (χ0) is 12.4. The largest absolute Gasteiger partial charge is 0.497 e. The van der Waals surface area contributed by atoms with Crippen LogP contribution < -0.4 is 10.5 Å². The summed E-state index contributed by atoms with van der Waals surface area (Å²) in [7, 11) is 1.65. The summed E-state index contributed by atoms with van der Waals surface area (Å²) in [5, 5.41) is 1.02. The molecule has 1 atom stereocenters. The van der Waals surface area contributed by atoms with Crippen LogP contribution in [0.5, 0.6) is 5.75 Å². The summed E-state index contributed by atoms with van der Waals surface area (Å²) >= 11 is 0. The number of aromatic nitrogens is 2. The molecule has 90 valence electrons. The zero-order valence-corrected chi connectivity index (χ0v) is 10.4. The lowest BCUT2D eigenvalue weighted by Gasteiger charge is -2.10. The maximum Gasteiger partial charge on any atom is 0.126 e. The Morgan fingerprint density at radius 2 is 2.12 bits per heavy atom. The monoisotopic (exact) mass is 231 g/mol. The predicted molar refractivity (Wildman–Crippen MR) is 68.2 cm³/mol. The minimum absolute atomic E-state index is 0.0821. The van der Waals surface area contributed by atoms with E-state index < -0.39 is 0 Å². The first-order valence-electron chi connectivity index (χ1n) is 5.67. The second-order valence-corrected chi connectivity index (χ2v) is 4.28. The van der Waals surface area contributed by atoms with Crippen LogP contribution in [0.3, 0.4) is 0 Å². The maximum atomic E-state index is 5.84. The fraction of sp³-hybridized carbons (Fsp3) is 0.385. The van der Waals surface area contributed by atoms with Crippen LogP contribution in [0.1, 0.15) is 18.4 Å². The van der Waals surface area contributed by atoms with Crippen molar-refractivity contribution >= 4 is 10.9 Å². The molecule has 0 aliphatic heterocycles. The second kappa shape index (κ2) is 4.67. The molecule has 1 heterocycles. The molecule has 0 radical (unpaired) electrons. The first kappa shape index (κ1) is 11.8. The number of hydrogen-bond acceptors (Lipinski definition) is 4. The van der Waals surface area contributed by atoms with Crippen molar-refractivity contribution in [2.75, 3.05) is 7.11 Å². The molecule has 2 rings (SSSR count). The standard InChI is InChI=1S/C13H17N3O/c1-8(14)6-13-11-7-10(17-3)4-5-12(11)15-9(2)16-13/h4-5,7-8H,6,14H2,1-3H3. The van der Waals surface area contributed by atoms with E-state index in [2.05, 4.69) is 9.97 Å². The molecule has 0 bridgehead atoms. The van der Waals surface area contributed by atoms with Crippen molar-refractivity contribution in [1.29, 1.82) is 0 Å². The van der Waals surface area contributed by atoms with E-state index in [9.17, 15) is 0 Å². The molecule has 0 aliphatic carbocycles. The molecule has 4 nitrogen and oxygen atoms in total. The van der Waals surface area contributed by atoms with Gasteiger partial charge in [0.15, 0.2) is 0 Å². The van der Waals surface area contributed by atoms with Gasteiger partial charge in [-0.2, -0.15) is 0 Å². The number of rotatable bonds is 3. The molecule has 1 aromatic heterocycles. The number of nitrogens with two attached hydrogens (primary N) is 1. The number of aryl methyl sites for hydroxylation is 1. The minimum Gasteiger partial charge on any atom is -0.497 e. The Balaban J connectivity index is 2.61. The van der Waals surface area contributed by atoms with Crippen LogP contribution in [-0.2, 0) is 6.42 Å². The Hall–Kier alpha value is -1.68. The first-order chi connectivity index (χ1) is 8.10. The van der Waals surface area contributed by atoms with Crippen molar-refractivity contribution in [3.63, 3.8) is 0 Å². The lowest BCUT2D eigenvalue weighted by Crippen LogP contribution is -2.19. The van der Waals surface area contributed by atoms with E-state index >= 15 is 0 Å². The van der Waals surface area contributed by atoms with Crippen molar-refractivity contribution in [2.45, 2.75) is 26.3 Å². The van der Waals surface area contributed by atoms with Crippen LogP contribution in [-0.4, -0.2) is 23.1 Å². The fourth-order valence-corrected chi connectivity index (χ4v) is 1.89. The predicted octanol–water partition coefficient (Wildman–Crippen LogP) is 1.84. The van der Waals surface area contributed by atoms with Gasteiger partial charge in [0.2, 0.25) is 0 Å². The average Bonchev–Trinajstić information content (AvgIpc) is 2.27. The molecule has 4 heteroatoms. The van der Waals surface area contributed by atoms with Gasteiger partial charge in [-0.05, 0) is 32.0 Å². The third-order valence-electron chi connectivity index (χ3n) is 2.61. The minimum atomic E-state index is 0.0821. The van der Waals surface area contributed by atoms with Gasteiger partial charge in [-0.15, -0.1) is 0 Å². The first-order valence-corrected chi connectivity index (χ1v) is 5.67. The zero-order valence-electron chi connectivity index (χ0n) is 10.4. The Bertz CT molecular complexity index is 537. The van der Waals surface area contributed by atoms with Gasteiger partial charge in [0.05, 0.1) is 18.3 Å². The van der Waals surface area contributed by atoms with Crippen LogP contribution in [0, 0.1) is 6.92 Å². The summed E-state index contributed by atoms with van der Waals surface area (Å²) in [5.41, 5.74) is 7.77. The molecule has 0 fully saturated rings. The van der Waals surface area contributed by atoms with E-state index in [1.54, 1.807) is 7.11 Å². The van der Waals surface area contributed by atoms with Crippen LogP contribution in [0.15, 0.2) is 18.2 Å². The number of nitrogens with zero attached hydrogens (tertiary/aromatic N) is 2. The number of methoxy groups -OCH3 is 1. The molecule has 17 heavy (non-hydrogen) atoms. The number of fused-ring (bicyclic) bond motifs is 1. The molecule has 0 aliphatic rings. The molecule has 2 aromatic rings. The molecule has 0 saturated heterocycles. The molecule has 1 aromatic carbocycles. The summed E-state index contributed by atoms with van der Waals surface area (Å²) in [6.07, 6.45) is 0.743. The number of ether oxygens (including phenoxy) is 1. The Morgan fingerprint density at radius 1 is 1.35 bits per heavy atom. The lowest BCUT2D eigenvalue weighted by atomic mass is 10.1. The van der Waals surface area contributed by atoms with E-state index in [0.717, 1.165) is 34.6 Å². The summed E-state index contributed by atoms with van der Waals surface area (Å²) in [6, 6.07) is 5.91. The van der Waals surface area contributed by atoms with Crippen LogP contribution in [0.2, 0.25) is 0 Å². The van der Waals surface area contributed by atoms with Gasteiger partial charge in [-0.1, -0.05) is 0 Å². The highest BCUT2D eigenvalue weighted by Gasteiger charge is 2.08. The van der Waals surface area contributed by atoms with E-state index in [1.807, 2.05) is 32.0 Å². The number of benzene rings is 1. The molecular weight excluding hydrogens is 214 g/mol. The third-order valence-corrected chi connectivity index (χ3v) is 2.61.